The van der Waals surface area contributed by atoms with E-state index in [1.807, 2.05) is 37.7 Å². The summed E-state index contributed by atoms with van der Waals surface area (Å²) < 4.78 is 13.0. The number of ether oxygens (including phenoxy) is 2. The number of nitrogens with one attached hydrogen (secondary N) is 1. The highest BCUT2D eigenvalue weighted by Crippen LogP contribution is 2.27. The first kappa shape index (κ1) is 30.2. The van der Waals surface area contributed by atoms with Crippen LogP contribution in [0.2, 0.25) is 0 Å². The Hall–Kier alpha value is -5.26. The Bertz CT molecular complexity index is 1610. The topological polar surface area (TPSA) is 155 Å². The number of anilines is 2. The molecule has 5 rings (SSSR count). The van der Waals surface area contributed by atoms with E-state index < -0.39 is 23.6 Å². The summed E-state index contributed by atoms with van der Waals surface area (Å²) in [6.45, 7) is 6.63. The molecule has 3 N–H and O–H groups in total. The van der Waals surface area contributed by atoms with Crippen LogP contribution in [0, 0.1) is 0 Å². The van der Waals surface area contributed by atoms with Crippen molar-refractivity contribution in [2.24, 2.45) is 0 Å². The maximum Gasteiger partial charge on any atom is 0.410 e. The first-order valence-corrected chi connectivity index (χ1v) is 14.3. The fraction of sp³-hybridized carbons (Fsp3) is 0.312. The van der Waals surface area contributed by atoms with Gasteiger partial charge in [0, 0.05) is 36.1 Å². The van der Waals surface area contributed by atoms with E-state index in [4.69, 9.17) is 15.2 Å². The maximum atomic E-state index is 13.4. The van der Waals surface area contributed by atoms with Crippen molar-refractivity contribution in [1.82, 2.24) is 24.6 Å². The maximum absolute atomic E-state index is 13.4. The van der Waals surface area contributed by atoms with Gasteiger partial charge < -0.3 is 25.4 Å². The van der Waals surface area contributed by atoms with Gasteiger partial charge in [0.2, 0.25) is 6.10 Å². The summed E-state index contributed by atoms with van der Waals surface area (Å²) in [5.41, 5.74) is 7.32. The normalized spacial score (nSPS) is 14.5. The van der Waals surface area contributed by atoms with Gasteiger partial charge in [-0.15, -0.1) is 0 Å². The quantitative estimate of drug-likeness (QED) is 0.279. The van der Waals surface area contributed by atoms with Gasteiger partial charge in [0.15, 0.2) is 11.5 Å². The van der Waals surface area contributed by atoms with Crippen molar-refractivity contribution < 1.29 is 23.9 Å². The first-order valence-electron chi connectivity index (χ1n) is 14.3. The van der Waals surface area contributed by atoms with Gasteiger partial charge in [-0.25, -0.2) is 19.6 Å². The number of likely N-dealkylation sites (tertiary alicyclic amines) is 1. The average Bonchev–Trinajstić information content (AvgIpc) is 3.50. The minimum absolute atomic E-state index is 0.0726. The molecule has 3 heterocycles. The zero-order chi connectivity index (χ0) is 31.3. The van der Waals surface area contributed by atoms with Crippen LogP contribution in [0.25, 0.3) is 11.3 Å². The minimum Gasteiger partial charge on any atom is -0.444 e. The molecular weight excluding hydrogens is 562 g/mol. The largest absolute Gasteiger partial charge is 0.444 e. The standard InChI is InChI=1S/C32H35N7O5/c1-32(2,3)44-31(42)38-16-14-24(15-17-38)39-20-22(18-35-39)25-19-34-28(33)26(37-25)30(41)43-27(21-10-6-4-7-11-21)29(40)36-23-12-8-5-9-13-23/h4-13,18-20,24,27H,14-17H2,1-3H3,(H2,33,34)(H,36,40)/t27-/m1/s1. The van der Waals surface area contributed by atoms with E-state index in [0.717, 1.165) is 0 Å². The van der Waals surface area contributed by atoms with Crippen molar-refractivity contribution >= 4 is 29.5 Å². The molecule has 12 heteroatoms. The predicted octanol–water partition coefficient (Wildman–Crippen LogP) is 5.03. The summed E-state index contributed by atoms with van der Waals surface area (Å²) in [5.74, 6) is -1.55. The number of para-hydroxylation sites is 1. The zero-order valence-electron chi connectivity index (χ0n) is 24.8. The number of hydrogen-bond acceptors (Lipinski definition) is 9. The second kappa shape index (κ2) is 12.9. The van der Waals surface area contributed by atoms with Gasteiger partial charge in [-0.2, -0.15) is 5.10 Å². The third-order valence-electron chi connectivity index (χ3n) is 6.99. The number of nitrogen functional groups attached to an aromatic ring is 1. The summed E-state index contributed by atoms with van der Waals surface area (Å²) in [4.78, 5) is 49.3. The molecule has 0 radical (unpaired) electrons. The number of aromatic nitrogens is 4. The van der Waals surface area contributed by atoms with Crippen LogP contribution in [0.4, 0.5) is 16.3 Å². The number of rotatable bonds is 7. The smallest absolute Gasteiger partial charge is 0.410 e. The monoisotopic (exact) mass is 597 g/mol. The lowest BCUT2D eigenvalue weighted by Gasteiger charge is -2.33. The number of nitrogens with zero attached hydrogens (tertiary/aromatic N) is 5. The van der Waals surface area contributed by atoms with Crippen LogP contribution in [0.15, 0.2) is 79.3 Å². The van der Waals surface area contributed by atoms with Gasteiger partial charge in [0.25, 0.3) is 5.91 Å². The van der Waals surface area contributed by atoms with Crippen molar-refractivity contribution in [2.75, 3.05) is 24.1 Å². The Labute approximate surface area is 255 Å². The highest BCUT2D eigenvalue weighted by atomic mass is 16.6. The number of nitrogens with two attached hydrogens (primary N) is 1. The number of carbonyl (C=O) groups is 3. The molecule has 1 atom stereocenters. The molecule has 0 saturated carbocycles. The van der Waals surface area contributed by atoms with Gasteiger partial charge >= 0.3 is 12.1 Å². The Balaban J connectivity index is 1.29. The molecule has 1 aliphatic heterocycles. The van der Waals surface area contributed by atoms with Crippen LogP contribution in [-0.2, 0) is 14.3 Å². The molecule has 228 valence electrons. The van der Waals surface area contributed by atoms with Gasteiger partial charge in [-0.1, -0.05) is 48.5 Å². The van der Waals surface area contributed by atoms with Crippen LogP contribution in [0.1, 0.15) is 61.8 Å². The summed E-state index contributed by atoms with van der Waals surface area (Å²) in [6.07, 6.45) is 4.74. The zero-order valence-corrected chi connectivity index (χ0v) is 24.8. The number of piperidine rings is 1. The summed E-state index contributed by atoms with van der Waals surface area (Å²) in [5, 5.41) is 7.29. The van der Waals surface area contributed by atoms with Crippen molar-refractivity contribution in [1.29, 1.82) is 0 Å². The fourth-order valence-electron chi connectivity index (χ4n) is 4.79. The molecule has 1 saturated heterocycles. The first-order chi connectivity index (χ1) is 21.1. The molecule has 0 spiro atoms. The van der Waals surface area contributed by atoms with E-state index in [1.165, 1.54) is 6.20 Å². The molecule has 2 aromatic heterocycles. The second-order valence-electron chi connectivity index (χ2n) is 11.4. The molecule has 2 aromatic carbocycles. The van der Waals surface area contributed by atoms with Gasteiger partial charge in [0.05, 0.1) is 24.1 Å². The third kappa shape index (κ3) is 7.38. The number of benzene rings is 2. The minimum atomic E-state index is -1.26. The lowest BCUT2D eigenvalue weighted by molar-refractivity contribution is -0.125. The van der Waals surface area contributed by atoms with Crippen molar-refractivity contribution in [3.63, 3.8) is 0 Å². The molecule has 1 aliphatic rings. The molecule has 0 unspecified atom stereocenters. The lowest BCUT2D eigenvalue weighted by Crippen LogP contribution is -2.42. The number of esters is 1. The average molecular weight is 598 g/mol. The van der Waals surface area contributed by atoms with Gasteiger partial charge in [-0.05, 0) is 45.7 Å². The molecule has 0 bridgehead atoms. The van der Waals surface area contributed by atoms with Crippen LogP contribution in [0.5, 0.6) is 0 Å². The molecule has 44 heavy (non-hydrogen) atoms. The van der Waals surface area contributed by atoms with Gasteiger partial charge in [0.1, 0.15) is 5.60 Å². The Morgan fingerprint density at radius 3 is 2.30 bits per heavy atom. The van der Waals surface area contributed by atoms with Crippen molar-refractivity contribution in [3.8, 4) is 11.3 Å². The highest BCUT2D eigenvalue weighted by Gasteiger charge is 2.30. The number of amides is 2. The summed E-state index contributed by atoms with van der Waals surface area (Å²) >= 11 is 0. The van der Waals surface area contributed by atoms with Crippen LogP contribution in [0.3, 0.4) is 0 Å². The van der Waals surface area contributed by atoms with E-state index in [-0.39, 0.29) is 23.6 Å². The van der Waals surface area contributed by atoms with Gasteiger partial charge in [-0.3, -0.25) is 9.48 Å². The third-order valence-corrected chi connectivity index (χ3v) is 6.99. The summed E-state index contributed by atoms with van der Waals surface area (Å²) in [7, 11) is 0. The van der Waals surface area contributed by atoms with E-state index in [1.54, 1.807) is 65.7 Å². The number of hydrogen-bond donors (Lipinski definition) is 2. The lowest BCUT2D eigenvalue weighted by atomic mass is 10.1. The molecule has 4 aromatic rings. The molecular formula is C32H35N7O5. The summed E-state index contributed by atoms with van der Waals surface area (Å²) in [6, 6.07) is 17.6. The predicted molar refractivity (Wildman–Crippen MR) is 163 cm³/mol. The van der Waals surface area contributed by atoms with Crippen molar-refractivity contribution in [3.05, 3.63) is 90.5 Å². The van der Waals surface area contributed by atoms with Crippen LogP contribution in [-0.4, -0.2) is 61.3 Å². The molecule has 1 fully saturated rings. The molecule has 2 amide bonds. The van der Waals surface area contributed by atoms with E-state index in [0.29, 0.717) is 48.4 Å². The molecule has 12 nitrogen and oxygen atoms in total. The SMILES string of the molecule is CC(C)(C)OC(=O)N1CCC(n2cc(-c3cnc(N)c(C(=O)O[C@@H](C(=O)Nc4ccccc4)c4ccccc4)n3)cn2)CC1. The van der Waals surface area contributed by atoms with E-state index >= 15 is 0 Å². The van der Waals surface area contributed by atoms with Crippen LogP contribution < -0.4 is 11.1 Å². The Morgan fingerprint density at radius 1 is 0.977 bits per heavy atom. The van der Waals surface area contributed by atoms with E-state index in [2.05, 4.69) is 20.4 Å². The Morgan fingerprint density at radius 2 is 1.64 bits per heavy atom. The second-order valence-corrected chi connectivity index (χ2v) is 11.4. The van der Waals surface area contributed by atoms with E-state index in [9.17, 15) is 14.4 Å². The van der Waals surface area contributed by atoms with Crippen LogP contribution >= 0.6 is 0 Å². The van der Waals surface area contributed by atoms with Crippen molar-refractivity contribution in [2.45, 2.75) is 51.4 Å². The number of carbonyl (C=O) groups excluding carboxylic acids is 3. The Kier molecular flexibility index (Phi) is 8.88. The fourth-order valence-corrected chi connectivity index (χ4v) is 4.79. The highest BCUT2D eigenvalue weighted by molar-refractivity contribution is 5.99. The molecule has 0 aliphatic carbocycles.